The number of carbonyl (C=O) groups is 1. The highest BCUT2D eigenvalue weighted by atomic mass is 16.1. The summed E-state index contributed by atoms with van der Waals surface area (Å²) in [4.78, 5) is 12.1. The summed E-state index contributed by atoms with van der Waals surface area (Å²) >= 11 is 0. The highest BCUT2D eigenvalue weighted by Gasteiger charge is 2.30. The molecule has 2 rings (SSSR count). The van der Waals surface area contributed by atoms with Gasteiger partial charge in [-0.15, -0.1) is 0 Å². The minimum absolute atomic E-state index is 0.125. The number of Topliss-reactive ketones (excluding diaryl/α,β-unsaturated/α-hetero) is 1. The minimum Gasteiger partial charge on any atom is -0.313 e. The maximum absolute atomic E-state index is 12.1. The van der Waals surface area contributed by atoms with Crippen LogP contribution < -0.4 is 5.32 Å². The van der Waals surface area contributed by atoms with E-state index < -0.39 is 0 Å². The second-order valence-electron chi connectivity index (χ2n) is 4.09. The van der Waals surface area contributed by atoms with Crippen molar-refractivity contribution in [3.8, 4) is 0 Å². The first-order valence-electron chi connectivity index (χ1n) is 5.52. The van der Waals surface area contributed by atoms with Gasteiger partial charge in [-0.2, -0.15) is 5.10 Å². The van der Waals surface area contributed by atoms with Crippen LogP contribution in [0.4, 0.5) is 0 Å². The number of hydrogen-bond donors (Lipinski definition) is 1. The summed E-state index contributed by atoms with van der Waals surface area (Å²) in [6.45, 7) is 5.84. The SMILES string of the molecule is CCn1cc(C(=O)C2CCNC2C)cn1. The topological polar surface area (TPSA) is 46.9 Å². The lowest BCUT2D eigenvalue weighted by molar-refractivity contribution is 0.0914. The van der Waals surface area contributed by atoms with Crippen LogP contribution in [0.15, 0.2) is 12.4 Å². The van der Waals surface area contributed by atoms with E-state index in [0.29, 0.717) is 6.04 Å². The van der Waals surface area contributed by atoms with E-state index in [1.165, 1.54) is 0 Å². The largest absolute Gasteiger partial charge is 0.313 e. The molecule has 0 spiro atoms. The summed E-state index contributed by atoms with van der Waals surface area (Å²) in [5, 5.41) is 7.42. The molecule has 82 valence electrons. The molecule has 4 heteroatoms. The Bertz CT molecular complexity index is 358. The van der Waals surface area contributed by atoms with E-state index in [1.807, 2.05) is 13.1 Å². The Morgan fingerprint density at radius 1 is 1.73 bits per heavy atom. The smallest absolute Gasteiger partial charge is 0.170 e. The third-order valence-corrected chi connectivity index (χ3v) is 3.10. The summed E-state index contributed by atoms with van der Waals surface area (Å²) in [6.07, 6.45) is 4.46. The van der Waals surface area contributed by atoms with E-state index in [1.54, 1.807) is 10.9 Å². The van der Waals surface area contributed by atoms with Gasteiger partial charge in [0.25, 0.3) is 0 Å². The second kappa shape index (κ2) is 4.14. The Hall–Kier alpha value is -1.16. The fourth-order valence-corrected chi connectivity index (χ4v) is 2.09. The molecule has 2 atom stereocenters. The fraction of sp³-hybridized carbons (Fsp3) is 0.636. The van der Waals surface area contributed by atoms with Gasteiger partial charge >= 0.3 is 0 Å². The Kier molecular flexibility index (Phi) is 2.86. The van der Waals surface area contributed by atoms with Gasteiger partial charge < -0.3 is 5.32 Å². The van der Waals surface area contributed by atoms with Crippen molar-refractivity contribution in [1.82, 2.24) is 15.1 Å². The van der Waals surface area contributed by atoms with Crippen LogP contribution in [-0.2, 0) is 6.54 Å². The van der Waals surface area contributed by atoms with Crippen molar-refractivity contribution in [3.05, 3.63) is 18.0 Å². The van der Waals surface area contributed by atoms with Gasteiger partial charge in [-0.25, -0.2) is 0 Å². The van der Waals surface area contributed by atoms with E-state index >= 15 is 0 Å². The molecule has 1 aliphatic heterocycles. The lowest BCUT2D eigenvalue weighted by Crippen LogP contribution is -2.28. The molecule has 0 radical (unpaired) electrons. The van der Waals surface area contributed by atoms with Gasteiger partial charge in [0.1, 0.15) is 0 Å². The highest BCUT2D eigenvalue weighted by Crippen LogP contribution is 2.20. The summed E-state index contributed by atoms with van der Waals surface area (Å²) in [7, 11) is 0. The van der Waals surface area contributed by atoms with Crippen molar-refractivity contribution in [2.24, 2.45) is 5.92 Å². The van der Waals surface area contributed by atoms with Crippen LogP contribution in [0.25, 0.3) is 0 Å². The number of aromatic nitrogens is 2. The lowest BCUT2D eigenvalue weighted by atomic mass is 9.94. The third kappa shape index (κ3) is 1.95. The first kappa shape index (κ1) is 10.4. The van der Waals surface area contributed by atoms with Crippen LogP contribution in [-0.4, -0.2) is 28.2 Å². The third-order valence-electron chi connectivity index (χ3n) is 3.10. The molecule has 1 aromatic rings. The van der Waals surface area contributed by atoms with Crippen molar-refractivity contribution in [1.29, 1.82) is 0 Å². The molecule has 0 aliphatic carbocycles. The Balaban J connectivity index is 2.13. The monoisotopic (exact) mass is 207 g/mol. The summed E-state index contributed by atoms with van der Waals surface area (Å²) in [5.74, 6) is 0.353. The summed E-state index contributed by atoms with van der Waals surface area (Å²) in [5.41, 5.74) is 0.748. The molecule has 0 amide bonds. The predicted molar refractivity (Wildman–Crippen MR) is 57.8 cm³/mol. The Labute approximate surface area is 89.7 Å². The quantitative estimate of drug-likeness (QED) is 0.754. The molecule has 2 heterocycles. The average molecular weight is 207 g/mol. The standard InChI is InChI=1S/C11H17N3O/c1-3-14-7-9(6-13-14)11(15)10-4-5-12-8(10)2/h6-8,10,12H,3-5H2,1-2H3. The van der Waals surface area contributed by atoms with Crippen LogP contribution in [0, 0.1) is 5.92 Å². The number of ketones is 1. The van der Waals surface area contributed by atoms with Crippen LogP contribution >= 0.6 is 0 Å². The Morgan fingerprint density at radius 2 is 2.53 bits per heavy atom. The Morgan fingerprint density at radius 3 is 3.07 bits per heavy atom. The maximum atomic E-state index is 12.1. The van der Waals surface area contributed by atoms with Crippen LogP contribution in [0.5, 0.6) is 0 Å². The van der Waals surface area contributed by atoms with Gasteiger partial charge in [0.2, 0.25) is 0 Å². The molecule has 15 heavy (non-hydrogen) atoms. The molecular weight excluding hydrogens is 190 g/mol. The second-order valence-corrected chi connectivity index (χ2v) is 4.09. The first-order valence-corrected chi connectivity index (χ1v) is 5.52. The number of aryl methyl sites for hydroxylation is 1. The molecule has 1 N–H and O–H groups in total. The molecule has 0 aromatic carbocycles. The van der Waals surface area contributed by atoms with Gasteiger partial charge in [0, 0.05) is 24.7 Å². The highest BCUT2D eigenvalue weighted by molar-refractivity contribution is 5.98. The van der Waals surface area contributed by atoms with E-state index in [0.717, 1.165) is 25.1 Å². The van der Waals surface area contributed by atoms with Crippen molar-refractivity contribution < 1.29 is 4.79 Å². The van der Waals surface area contributed by atoms with E-state index in [-0.39, 0.29) is 11.7 Å². The molecule has 0 bridgehead atoms. The van der Waals surface area contributed by atoms with Crippen molar-refractivity contribution in [2.45, 2.75) is 32.9 Å². The van der Waals surface area contributed by atoms with Crippen LogP contribution in [0.2, 0.25) is 0 Å². The molecular formula is C11H17N3O. The van der Waals surface area contributed by atoms with Crippen LogP contribution in [0.1, 0.15) is 30.6 Å². The zero-order chi connectivity index (χ0) is 10.8. The predicted octanol–water partition coefficient (Wildman–Crippen LogP) is 1.08. The first-order chi connectivity index (χ1) is 7.22. The van der Waals surface area contributed by atoms with Gasteiger partial charge in [0.15, 0.2) is 5.78 Å². The molecule has 4 nitrogen and oxygen atoms in total. The molecule has 2 unspecified atom stereocenters. The van der Waals surface area contributed by atoms with Crippen LogP contribution in [0.3, 0.4) is 0 Å². The molecule has 1 aromatic heterocycles. The number of nitrogens with zero attached hydrogens (tertiary/aromatic N) is 2. The van der Waals surface area contributed by atoms with Gasteiger partial charge in [0.05, 0.1) is 11.8 Å². The summed E-state index contributed by atoms with van der Waals surface area (Å²) in [6, 6.07) is 0.294. The van der Waals surface area contributed by atoms with E-state index in [9.17, 15) is 4.79 Å². The average Bonchev–Trinajstić information content (AvgIpc) is 2.84. The normalized spacial score (nSPS) is 25.7. The molecule has 1 aliphatic rings. The zero-order valence-electron chi connectivity index (χ0n) is 9.23. The summed E-state index contributed by atoms with van der Waals surface area (Å²) < 4.78 is 1.79. The fourth-order valence-electron chi connectivity index (χ4n) is 2.09. The molecule has 0 saturated carbocycles. The van der Waals surface area contributed by atoms with Crippen molar-refractivity contribution in [3.63, 3.8) is 0 Å². The molecule has 1 saturated heterocycles. The number of hydrogen-bond acceptors (Lipinski definition) is 3. The van der Waals surface area contributed by atoms with Gasteiger partial charge in [-0.1, -0.05) is 0 Å². The lowest BCUT2D eigenvalue weighted by Gasteiger charge is -2.11. The minimum atomic E-state index is 0.125. The van der Waals surface area contributed by atoms with Gasteiger partial charge in [-0.05, 0) is 26.8 Å². The van der Waals surface area contributed by atoms with Crippen molar-refractivity contribution in [2.75, 3.05) is 6.54 Å². The molecule has 1 fully saturated rings. The van der Waals surface area contributed by atoms with Crippen molar-refractivity contribution >= 4 is 5.78 Å². The van der Waals surface area contributed by atoms with E-state index in [4.69, 9.17) is 0 Å². The number of nitrogens with one attached hydrogen (secondary N) is 1. The zero-order valence-corrected chi connectivity index (χ0v) is 9.23. The van der Waals surface area contributed by atoms with Gasteiger partial charge in [-0.3, -0.25) is 9.48 Å². The number of carbonyl (C=O) groups excluding carboxylic acids is 1. The maximum Gasteiger partial charge on any atom is 0.170 e. The number of rotatable bonds is 3. The van der Waals surface area contributed by atoms with E-state index in [2.05, 4.69) is 17.3 Å².